The van der Waals surface area contributed by atoms with Crippen LogP contribution in [0.25, 0.3) is 0 Å². The van der Waals surface area contributed by atoms with Crippen molar-refractivity contribution >= 4 is 29.5 Å². The lowest BCUT2D eigenvalue weighted by Gasteiger charge is -2.28. The van der Waals surface area contributed by atoms with Crippen molar-refractivity contribution in [2.24, 2.45) is 0 Å². The van der Waals surface area contributed by atoms with Crippen LogP contribution in [-0.2, 0) is 4.74 Å². The van der Waals surface area contributed by atoms with E-state index in [4.69, 9.17) is 0 Å². The van der Waals surface area contributed by atoms with Gasteiger partial charge in [0.15, 0.2) is 0 Å². The van der Waals surface area contributed by atoms with Crippen molar-refractivity contribution in [1.29, 1.82) is 0 Å². The molecule has 104 valence electrons. The van der Waals surface area contributed by atoms with E-state index in [1.54, 1.807) is 0 Å². The zero-order valence-electron chi connectivity index (χ0n) is 10.8. The Kier molecular flexibility index (Phi) is 4.93. The van der Waals surface area contributed by atoms with Crippen molar-refractivity contribution < 1.29 is 9.53 Å². The van der Waals surface area contributed by atoms with Crippen LogP contribution in [0.5, 0.6) is 0 Å². The zero-order valence-corrected chi connectivity index (χ0v) is 12.5. The number of rotatable bonds is 3. The van der Waals surface area contributed by atoms with Gasteiger partial charge in [0.05, 0.1) is 12.4 Å². The Morgan fingerprint density at radius 1 is 1.53 bits per heavy atom. The number of ether oxygens (including phenoxy) is 1. The molecule has 7 heteroatoms. The predicted molar refractivity (Wildman–Crippen MR) is 77.9 cm³/mol. The Morgan fingerprint density at radius 2 is 2.26 bits per heavy atom. The molecule has 0 bridgehead atoms. The van der Waals surface area contributed by atoms with Crippen LogP contribution in [0, 0.1) is 0 Å². The van der Waals surface area contributed by atoms with Crippen molar-refractivity contribution in [1.82, 2.24) is 9.97 Å². The summed E-state index contributed by atoms with van der Waals surface area (Å²) in [4.78, 5) is 30.2. The number of carbonyl (C=O) groups excluding carboxylic acids is 1. The highest BCUT2D eigenvalue weighted by Crippen LogP contribution is 2.42. The van der Waals surface area contributed by atoms with Crippen LogP contribution in [-0.4, -0.2) is 39.8 Å². The van der Waals surface area contributed by atoms with Gasteiger partial charge in [-0.15, -0.1) is 11.8 Å². The van der Waals surface area contributed by atoms with Crippen molar-refractivity contribution in [3.63, 3.8) is 0 Å². The molecule has 2 atom stereocenters. The third-order valence-electron chi connectivity index (χ3n) is 2.95. The summed E-state index contributed by atoms with van der Waals surface area (Å²) in [6.45, 7) is 2.14. The fourth-order valence-electron chi connectivity index (χ4n) is 1.96. The maximum atomic E-state index is 11.9. The monoisotopic (exact) mass is 300 g/mol. The van der Waals surface area contributed by atoms with Crippen molar-refractivity contribution in [2.75, 3.05) is 18.6 Å². The van der Waals surface area contributed by atoms with Crippen LogP contribution in [0.2, 0.25) is 0 Å². The number of aromatic amines is 1. The maximum absolute atomic E-state index is 11.9. The number of thioether (sulfide) groups is 2. The highest BCUT2D eigenvalue weighted by atomic mass is 32.2. The van der Waals surface area contributed by atoms with E-state index in [2.05, 4.69) is 21.6 Å². The van der Waals surface area contributed by atoms with Gasteiger partial charge in [0, 0.05) is 23.0 Å². The quantitative estimate of drug-likeness (QED) is 0.859. The van der Waals surface area contributed by atoms with E-state index in [0.29, 0.717) is 11.1 Å². The molecule has 2 heterocycles. The van der Waals surface area contributed by atoms with E-state index in [-0.39, 0.29) is 10.8 Å². The van der Waals surface area contributed by atoms with Gasteiger partial charge >= 0.3 is 5.97 Å². The van der Waals surface area contributed by atoms with E-state index in [1.165, 1.54) is 13.3 Å². The van der Waals surface area contributed by atoms with E-state index in [0.717, 1.165) is 17.9 Å². The summed E-state index contributed by atoms with van der Waals surface area (Å²) in [6, 6.07) is 0. The summed E-state index contributed by atoms with van der Waals surface area (Å²) >= 11 is 3.72. The molecule has 1 fully saturated rings. The fourth-order valence-corrected chi connectivity index (χ4v) is 4.99. The molecular weight excluding hydrogens is 284 g/mol. The maximum Gasteiger partial charge on any atom is 0.345 e. The first kappa shape index (κ1) is 14.5. The molecule has 1 saturated heterocycles. The van der Waals surface area contributed by atoms with Gasteiger partial charge in [0.1, 0.15) is 11.4 Å². The third-order valence-corrected chi connectivity index (χ3v) is 6.20. The van der Waals surface area contributed by atoms with Gasteiger partial charge in [0.25, 0.3) is 5.56 Å². The van der Waals surface area contributed by atoms with Crippen LogP contribution in [0.1, 0.15) is 34.8 Å². The fraction of sp³-hybridized carbons (Fsp3) is 0.583. The number of methoxy groups -OCH3 is 1. The Hall–Kier alpha value is -0.950. The minimum absolute atomic E-state index is 0.0484. The normalized spacial score (nSPS) is 23.1. The molecule has 2 unspecified atom stereocenters. The summed E-state index contributed by atoms with van der Waals surface area (Å²) < 4.78 is 4.54. The summed E-state index contributed by atoms with van der Waals surface area (Å²) in [5.41, 5.74) is -0.476. The minimum atomic E-state index is -0.655. The Labute approximate surface area is 119 Å². The molecular formula is C12H16N2O3S2. The number of carbonyl (C=O) groups is 1. The highest BCUT2D eigenvalue weighted by molar-refractivity contribution is 8.06. The van der Waals surface area contributed by atoms with E-state index in [1.807, 2.05) is 23.5 Å². The summed E-state index contributed by atoms with van der Waals surface area (Å²) in [6.07, 6.45) is 2.34. The molecule has 1 aliphatic heterocycles. The molecule has 2 rings (SSSR count). The Bertz CT molecular complexity index is 518. The molecule has 5 nitrogen and oxygen atoms in total. The van der Waals surface area contributed by atoms with Crippen LogP contribution in [0.3, 0.4) is 0 Å². The number of aromatic nitrogens is 2. The Morgan fingerprint density at radius 3 is 2.89 bits per heavy atom. The molecule has 0 aliphatic carbocycles. The van der Waals surface area contributed by atoms with Gasteiger partial charge in [-0.05, 0) is 6.42 Å². The second-order valence-corrected chi connectivity index (χ2v) is 6.71. The van der Waals surface area contributed by atoms with Gasteiger partial charge in [-0.25, -0.2) is 9.78 Å². The van der Waals surface area contributed by atoms with Crippen molar-refractivity contribution in [3.8, 4) is 0 Å². The molecule has 19 heavy (non-hydrogen) atoms. The average molecular weight is 300 g/mol. The zero-order chi connectivity index (χ0) is 13.8. The first-order valence-electron chi connectivity index (χ1n) is 6.08. The second kappa shape index (κ2) is 6.47. The molecule has 0 aromatic carbocycles. The van der Waals surface area contributed by atoms with Gasteiger partial charge in [-0.1, -0.05) is 6.92 Å². The standard InChI is InChI=1S/C12H16N2O3S2/c1-3-8-9(19-5-4-18-8)10-13-6-7(11(15)14-10)12(16)17-2/h6,8-9H,3-5H2,1-2H3,(H,13,14,15). The van der Waals surface area contributed by atoms with Crippen LogP contribution >= 0.6 is 23.5 Å². The van der Waals surface area contributed by atoms with Gasteiger partial charge in [0.2, 0.25) is 0 Å². The number of H-pyrrole nitrogens is 1. The number of nitrogens with zero attached hydrogens (tertiary/aromatic N) is 1. The first-order chi connectivity index (χ1) is 9.17. The molecule has 1 aromatic rings. The number of hydrogen-bond acceptors (Lipinski definition) is 6. The van der Waals surface area contributed by atoms with E-state index in [9.17, 15) is 9.59 Å². The molecule has 1 aliphatic rings. The third kappa shape index (κ3) is 3.14. The molecule has 1 aromatic heterocycles. The summed E-state index contributed by atoms with van der Waals surface area (Å²) in [5.74, 6) is 2.18. The molecule has 1 N–H and O–H groups in total. The largest absolute Gasteiger partial charge is 0.465 e. The predicted octanol–water partition coefficient (Wildman–Crippen LogP) is 1.86. The van der Waals surface area contributed by atoms with Crippen molar-refractivity contribution in [2.45, 2.75) is 23.8 Å². The van der Waals surface area contributed by atoms with Crippen LogP contribution in [0.15, 0.2) is 11.0 Å². The van der Waals surface area contributed by atoms with E-state index < -0.39 is 11.5 Å². The number of nitrogens with one attached hydrogen (secondary N) is 1. The van der Waals surface area contributed by atoms with Gasteiger partial charge in [-0.2, -0.15) is 11.8 Å². The lowest BCUT2D eigenvalue weighted by atomic mass is 10.2. The van der Waals surface area contributed by atoms with Gasteiger partial charge < -0.3 is 9.72 Å². The molecule has 0 radical (unpaired) electrons. The molecule has 0 amide bonds. The van der Waals surface area contributed by atoms with Crippen molar-refractivity contribution in [3.05, 3.63) is 27.9 Å². The smallest absolute Gasteiger partial charge is 0.345 e. The van der Waals surface area contributed by atoms with E-state index >= 15 is 0 Å². The minimum Gasteiger partial charge on any atom is -0.465 e. The topological polar surface area (TPSA) is 72.0 Å². The highest BCUT2D eigenvalue weighted by Gasteiger charge is 2.28. The molecule has 0 saturated carbocycles. The first-order valence-corrected chi connectivity index (χ1v) is 8.17. The number of esters is 1. The second-order valence-electron chi connectivity index (χ2n) is 4.11. The summed E-state index contributed by atoms with van der Waals surface area (Å²) in [5, 5.41) is 0.633. The number of hydrogen-bond donors (Lipinski definition) is 1. The average Bonchev–Trinajstić information content (AvgIpc) is 2.46. The molecule has 0 spiro atoms. The lowest BCUT2D eigenvalue weighted by Crippen LogP contribution is -2.26. The van der Waals surface area contributed by atoms with Crippen LogP contribution in [0.4, 0.5) is 0 Å². The van der Waals surface area contributed by atoms with Crippen LogP contribution < -0.4 is 5.56 Å². The Balaban J connectivity index is 2.28. The lowest BCUT2D eigenvalue weighted by molar-refractivity contribution is 0.0598. The SMILES string of the molecule is CCC1SCCSC1c1ncc(C(=O)OC)c(=O)[nH]1. The van der Waals surface area contributed by atoms with Gasteiger partial charge in [-0.3, -0.25) is 4.79 Å². The summed E-state index contributed by atoms with van der Waals surface area (Å²) in [7, 11) is 1.25.